The zero-order valence-corrected chi connectivity index (χ0v) is 19.4. The molecule has 0 fully saturated rings. The van der Waals surface area contributed by atoms with E-state index >= 15 is 0 Å². The largest absolute Gasteiger partial charge is 0.497 e. The smallest absolute Gasteiger partial charge is 0.210 e. The number of nitrogens with one attached hydrogen (secondary N) is 1. The second-order valence-electron chi connectivity index (χ2n) is 7.75. The first-order valence-corrected chi connectivity index (χ1v) is 11.0. The number of carbonyl (C=O) groups excluding carboxylic acids is 1. The summed E-state index contributed by atoms with van der Waals surface area (Å²) in [7, 11) is 2.98. The Kier molecular flexibility index (Phi) is 7.03. The number of amides is 1. The summed E-state index contributed by atoms with van der Waals surface area (Å²) in [5.74, 6) is 0.171. The maximum atomic E-state index is 14.2. The molecule has 4 aromatic rings. The molecule has 1 aromatic heterocycles. The molecular weight excluding hydrogens is 462 g/mol. The van der Waals surface area contributed by atoms with Gasteiger partial charge in [-0.05, 0) is 72.1 Å². The number of hydrogen-bond acceptors (Lipinski definition) is 3. The van der Waals surface area contributed by atoms with E-state index in [4.69, 9.17) is 21.1 Å². The molecule has 1 N–H and O–H groups in total. The van der Waals surface area contributed by atoms with Gasteiger partial charge in [-0.15, -0.1) is 0 Å². The number of fused-ring (bicyclic) bond motifs is 3. The Morgan fingerprint density at radius 2 is 1.79 bits per heavy atom. The van der Waals surface area contributed by atoms with Crippen LogP contribution in [-0.2, 0) is 11.2 Å². The van der Waals surface area contributed by atoms with Crippen LogP contribution in [0.3, 0.4) is 0 Å². The molecule has 2 heterocycles. The third-order valence-electron chi connectivity index (χ3n) is 5.80. The van der Waals surface area contributed by atoms with Crippen LogP contribution in [0.4, 0.5) is 8.78 Å². The third kappa shape index (κ3) is 4.70. The van der Waals surface area contributed by atoms with Crippen LogP contribution in [0.15, 0.2) is 60.7 Å². The molecular formula is C26H23ClF2N2O3. The highest BCUT2D eigenvalue weighted by atomic mass is 35.5. The van der Waals surface area contributed by atoms with Crippen molar-refractivity contribution in [2.24, 2.45) is 0 Å². The molecule has 1 amide bonds. The van der Waals surface area contributed by atoms with Crippen molar-refractivity contribution in [3.05, 3.63) is 94.1 Å². The Morgan fingerprint density at radius 1 is 1.03 bits per heavy atom. The lowest BCUT2D eigenvalue weighted by Gasteiger charge is -2.33. The molecule has 1 atom stereocenters. The van der Waals surface area contributed by atoms with Crippen molar-refractivity contribution in [3.8, 4) is 11.5 Å². The molecule has 0 bridgehead atoms. The summed E-state index contributed by atoms with van der Waals surface area (Å²) in [4.78, 5) is 16.7. The van der Waals surface area contributed by atoms with Gasteiger partial charge in [0.05, 0.1) is 20.3 Å². The van der Waals surface area contributed by atoms with Gasteiger partial charge in [-0.2, -0.15) is 0 Å². The lowest BCUT2D eigenvalue weighted by molar-refractivity contribution is -0.120. The molecule has 3 aromatic carbocycles. The lowest BCUT2D eigenvalue weighted by Crippen LogP contribution is -2.35. The number of benzene rings is 3. The van der Waals surface area contributed by atoms with E-state index in [1.165, 1.54) is 25.3 Å². The summed E-state index contributed by atoms with van der Waals surface area (Å²) in [6.07, 6.45) is 1.54. The summed E-state index contributed by atoms with van der Waals surface area (Å²) in [6, 6.07) is 16.0. The fourth-order valence-corrected chi connectivity index (χ4v) is 4.35. The number of aromatic nitrogens is 1. The monoisotopic (exact) mass is 484 g/mol. The highest BCUT2D eigenvalue weighted by Crippen LogP contribution is 2.39. The molecule has 0 spiro atoms. The first kappa shape index (κ1) is 23.6. The van der Waals surface area contributed by atoms with Gasteiger partial charge in [0.1, 0.15) is 11.6 Å². The van der Waals surface area contributed by atoms with Crippen LogP contribution in [0.1, 0.15) is 22.9 Å². The van der Waals surface area contributed by atoms with Crippen LogP contribution in [0.25, 0.3) is 10.9 Å². The molecule has 8 heteroatoms. The number of nitrogens with zero attached hydrogens (tertiary/aromatic N) is 1. The summed E-state index contributed by atoms with van der Waals surface area (Å²) >= 11 is 6.14. The standard InChI is InChI=1S/C19H16ClFN2O2.C7H7FO/c1-25-17-5-2-11(8-15(17)21)19-18-13(6-7-23(19)10-24)14-9-12(20)3-4-16(14)22-18;1-9-7-4-2-6(8)3-5-7/h2-5,8-10,19,22H,6-7H2,1H3;2-5H,1H3. The fourth-order valence-electron chi connectivity index (χ4n) is 4.17. The summed E-state index contributed by atoms with van der Waals surface area (Å²) in [5, 5.41) is 1.71. The number of halogens is 3. The Morgan fingerprint density at radius 3 is 2.44 bits per heavy atom. The first-order chi connectivity index (χ1) is 16.4. The predicted octanol–water partition coefficient (Wildman–Crippen LogP) is 5.91. The molecule has 5 nitrogen and oxygen atoms in total. The van der Waals surface area contributed by atoms with Gasteiger partial charge in [-0.1, -0.05) is 17.7 Å². The normalized spacial score (nSPS) is 14.7. The quantitative estimate of drug-likeness (QED) is 0.366. The van der Waals surface area contributed by atoms with Crippen LogP contribution < -0.4 is 9.47 Å². The zero-order valence-electron chi connectivity index (χ0n) is 18.6. The Hall–Kier alpha value is -3.58. The Balaban J connectivity index is 0.000000257. The molecule has 176 valence electrons. The molecule has 34 heavy (non-hydrogen) atoms. The number of ether oxygens (including phenoxy) is 2. The minimum absolute atomic E-state index is 0.181. The van der Waals surface area contributed by atoms with E-state index in [-0.39, 0.29) is 17.6 Å². The number of methoxy groups -OCH3 is 2. The molecule has 0 saturated heterocycles. The summed E-state index contributed by atoms with van der Waals surface area (Å²) < 4.78 is 36.2. The van der Waals surface area contributed by atoms with E-state index in [0.717, 1.165) is 35.0 Å². The third-order valence-corrected chi connectivity index (χ3v) is 6.04. The second kappa shape index (κ2) is 10.1. The topological polar surface area (TPSA) is 54.6 Å². The predicted molar refractivity (Wildman–Crippen MR) is 128 cm³/mol. The number of carbonyl (C=O) groups is 1. The summed E-state index contributed by atoms with van der Waals surface area (Å²) in [5.41, 5.74) is 3.68. The van der Waals surface area contributed by atoms with Gasteiger partial charge in [-0.3, -0.25) is 4.79 Å². The molecule has 0 saturated carbocycles. The lowest BCUT2D eigenvalue weighted by atomic mass is 9.92. The van der Waals surface area contributed by atoms with Crippen molar-refractivity contribution in [2.75, 3.05) is 20.8 Å². The van der Waals surface area contributed by atoms with Gasteiger partial charge in [-0.25, -0.2) is 8.78 Å². The van der Waals surface area contributed by atoms with E-state index in [9.17, 15) is 13.6 Å². The average Bonchev–Trinajstić information content (AvgIpc) is 3.22. The van der Waals surface area contributed by atoms with Crippen molar-refractivity contribution < 1.29 is 23.0 Å². The van der Waals surface area contributed by atoms with Crippen molar-refractivity contribution in [3.63, 3.8) is 0 Å². The van der Waals surface area contributed by atoms with E-state index in [0.29, 0.717) is 22.9 Å². The number of H-pyrrole nitrogens is 1. The fraction of sp³-hybridized carbons (Fsp3) is 0.192. The van der Waals surface area contributed by atoms with Gasteiger partial charge in [0.15, 0.2) is 11.6 Å². The summed E-state index contributed by atoms with van der Waals surface area (Å²) in [6.45, 7) is 0.564. The molecule has 1 aliphatic rings. The zero-order chi connectivity index (χ0) is 24.2. The van der Waals surface area contributed by atoms with Crippen molar-refractivity contribution >= 4 is 28.9 Å². The molecule has 0 aliphatic carbocycles. The average molecular weight is 485 g/mol. The van der Waals surface area contributed by atoms with Crippen LogP contribution in [-0.4, -0.2) is 37.1 Å². The van der Waals surface area contributed by atoms with E-state index in [2.05, 4.69) is 4.98 Å². The van der Waals surface area contributed by atoms with Gasteiger partial charge in [0.25, 0.3) is 0 Å². The van der Waals surface area contributed by atoms with Crippen molar-refractivity contribution in [2.45, 2.75) is 12.5 Å². The SMILES string of the molecule is COc1ccc(C2c3[nH]c4ccc(Cl)cc4c3CCN2C=O)cc1F.COc1ccc(F)cc1. The van der Waals surface area contributed by atoms with E-state index in [1.807, 2.05) is 18.2 Å². The van der Waals surface area contributed by atoms with Crippen molar-refractivity contribution in [1.29, 1.82) is 0 Å². The maximum Gasteiger partial charge on any atom is 0.210 e. The molecule has 5 rings (SSSR count). The van der Waals surface area contributed by atoms with E-state index in [1.54, 1.807) is 36.3 Å². The number of hydrogen-bond donors (Lipinski definition) is 1. The van der Waals surface area contributed by atoms with E-state index < -0.39 is 5.82 Å². The van der Waals surface area contributed by atoms with Gasteiger partial charge >= 0.3 is 0 Å². The minimum atomic E-state index is -0.447. The number of rotatable bonds is 4. The van der Waals surface area contributed by atoms with Crippen molar-refractivity contribution in [1.82, 2.24) is 9.88 Å². The minimum Gasteiger partial charge on any atom is -0.497 e. The highest BCUT2D eigenvalue weighted by Gasteiger charge is 2.31. The maximum absolute atomic E-state index is 14.2. The van der Waals surface area contributed by atoms with Crippen LogP contribution in [0.5, 0.6) is 11.5 Å². The Bertz CT molecular complexity index is 1310. The number of aromatic amines is 1. The second-order valence-corrected chi connectivity index (χ2v) is 8.19. The van der Waals surface area contributed by atoms with Gasteiger partial charge in [0.2, 0.25) is 6.41 Å². The van der Waals surface area contributed by atoms with Gasteiger partial charge in [0, 0.05) is 28.2 Å². The van der Waals surface area contributed by atoms with Crippen LogP contribution in [0.2, 0.25) is 5.02 Å². The highest BCUT2D eigenvalue weighted by molar-refractivity contribution is 6.31. The van der Waals surface area contributed by atoms with Crippen LogP contribution in [0, 0.1) is 11.6 Å². The van der Waals surface area contributed by atoms with Crippen LogP contribution >= 0.6 is 11.6 Å². The molecule has 0 radical (unpaired) electrons. The molecule has 1 unspecified atom stereocenters. The Labute approximate surface area is 200 Å². The molecule has 1 aliphatic heterocycles. The van der Waals surface area contributed by atoms with Gasteiger partial charge < -0.3 is 19.4 Å². The first-order valence-electron chi connectivity index (χ1n) is 10.6.